The van der Waals surface area contributed by atoms with Crippen molar-refractivity contribution in [3.63, 3.8) is 0 Å². The molecule has 0 saturated heterocycles. The number of hydrogen-bond donors (Lipinski definition) is 1. The molecular weight excluding hydrogens is 320 g/mol. The van der Waals surface area contributed by atoms with Crippen LogP contribution in [0.4, 0.5) is 5.95 Å². The van der Waals surface area contributed by atoms with Gasteiger partial charge in [0.25, 0.3) is 5.78 Å². The van der Waals surface area contributed by atoms with Crippen molar-refractivity contribution in [2.24, 2.45) is 7.05 Å². The van der Waals surface area contributed by atoms with Crippen molar-refractivity contribution in [1.82, 2.24) is 34.3 Å². The second-order valence-electron chi connectivity index (χ2n) is 6.35. The Morgan fingerprint density at radius 2 is 2.04 bits per heavy atom. The molecule has 0 aliphatic carbocycles. The van der Waals surface area contributed by atoms with Crippen LogP contribution in [0.5, 0.6) is 0 Å². The van der Waals surface area contributed by atoms with Crippen molar-refractivity contribution in [3.8, 4) is 0 Å². The van der Waals surface area contributed by atoms with Crippen molar-refractivity contribution in [2.75, 3.05) is 5.32 Å². The first kappa shape index (κ1) is 17.0. The molecule has 3 aromatic heterocycles. The quantitative estimate of drug-likeness (QED) is 0.755. The SMILES string of the molecule is Cc1nc2ncnn2c(C)c1CCC(=O)Nc1nc(C(C)C)nn1C. The Hall–Kier alpha value is -2.84. The van der Waals surface area contributed by atoms with E-state index in [4.69, 9.17) is 0 Å². The highest BCUT2D eigenvalue weighted by atomic mass is 16.1. The minimum Gasteiger partial charge on any atom is -0.295 e. The van der Waals surface area contributed by atoms with E-state index in [0.717, 1.165) is 17.0 Å². The van der Waals surface area contributed by atoms with E-state index in [1.54, 1.807) is 16.2 Å². The van der Waals surface area contributed by atoms with E-state index < -0.39 is 0 Å². The Kier molecular flexibility index (Phi) is 4.47. The van der Waals surface area contributed by atoms with E-state index in [2.05, 4.69) is 30.5 Å². The molecule has 3 heterocycles. The molecule has 0 bridgehead atoms. The molecule has 0 aliphatic rings. The highest BCUT2D eigenvalue weighted by Crippen LogP contribution is 2.16. The number of hydrogen-bond acceptors (Lipinski definition) is 6. The summed E-state index contributed by atoms with van der Waals surface area (Å²) in [6.45, 7) is 7.91. The minimum atomic E-state index is -0.108. The number of carbonyl (C=O) groups excluding carboxylic acids is 1. The van der Waals surface area contributed by atoms with Crippen LogP contribution in [-0.4, -0.2) is 40.3 Å². The molecule has 3 rings (SSSR count). The maximum absolute atomic E-state index is 12.3. The Morgan fingerprint density at radius 1 is 1.28 bits per heavy atom. The van der Waals surface area contributed by atoms with Crippen LogP contribution in [0.1, 0.15) is 49.0 Å². The van der Waals surface area contributed by atoms with E-state index in [1.807, 2.05) is 27.7 Å². The molecule has 9 heteroatoms. The smallest absolute Gasteiger partial charge is 0.252 e. The molecule has 0 fully saturated rings. The van der Waals surface area contributed by atoms with Crippen LogP contribution in [0.2, 0.25) is 0 Å². The zero-order chi connectivity index (χ0) is 18.1. The summed E-state index contributed by atoms with van der Waals surface area (Å²) in [6.07, 6.45) is 2.38. The number of carbonyl (C=O) groups is 1. The number of fused-ring (bicyclic) bond motifs is 1. The highest BCUT2D eigenvalue weighted by molar-refractivity contribution is 5.89. The fraction of sp³-hybridized carbons (Fsp3) is 0.500. The second-order valence-corrected chi connectivity index (χ2v) is 6.35. The van der Waals surface area contributed by atoms with Gasteiger partial charge in [0.15, 0.2) is 5.82 Å². The van der Waals surface area contributed by atoms with E-state index >= 15 is 0 Å². The number of rotatable bonds is 5. The lowest BCUT2D eigenvalue weighted by Crippen LogP contribution is -2.17. The summed E-state index contributed by atoms with van der Waals surface area (Å²) in [5, 5.41) is 11.3. The molecule has 25 heavy (non-hydrogen) atoms. The van der Waals surface area contributed by atoms with Gasteiger partial charge in [-0.3, -0.25) is 10.1 Å². The van der Waals surface area contributed by atoms with Crippen molar-refractivity contribution in [3.05, 3.63) is 29.1 Å². The summed E-state index contributed by atoms with van der Waals surface area (Å²) in [7, 11) is 1.77. The third-order valence-corrected chi connectivity index (χ3v) is 4.14. The normalized spacial score (nSPS) is 11.4. The summed E-state index contributed by atoms with van der Waals surface area (Å²) in [4.78, 5) is 25.2. The first-order valence-electron chi connectivity index (χ1n) is 8.23. The van der Waals surface area contributed by atoms with Gasteiger partial charge in [-0.1, -0.05) is 13.8 Å². The fourth-order valence-electron chi connectivity index (χ4n) is 2.70. The molecule has 0 unspecified atom stereocenters. The van der Waals surface area contributed by atoms with Crippen LogP contribution in [0.3, 0.4) is 0 Å². The van der Waals surface area contributed by atoms with Crippen molar-refractivity contribution in [1.29, 1.82) is 0 Å². The van der Waals surface area contributed by atoms with Gasteiger partial charge in [0.05, 0.1) is 0 Å². The largest absolute Gasteiger partial charge is 0.295 e. The second kappa shape index (κ2) is 6.58. The predicted molar refractivity (Wildman–Crippen MR) is 92.3 cm³/mol. The van der Waals surface area contributed by atoms with E-state index in [-0.39, 0.29) is 11.8 Å². The number of anilines is 1. The van der Waals surface area contributed by atoms with Crippen LogP contribution in [-0.2, 0) is 18.3 Å². The van der Waals surface area contributed by atoms with Gasteiger partial charge < -0.3 is 0 Å². The standard InChI is InChI=1S/C16H22N8O/c1-9(2)14-21-16(23(5)22-14)20-13(25)7-6-12-10(3)19-15-17-8-18-24(15)11(12)4/h8-9H,6-7H2,1-5H3,(H,20,21,22,25). The number of aryl methyl sites for hydroxylation is 3. The molecule has 0 radical (unpaired) electrons. The summed E-state index contributed by atoms with van der Waals surface area (Å²) in [5.74, 6) is 1.85. The van der Waals surface area contributed by atoms with Crippen LogP contribution in [0.25, 0.3) is 5.78 Å². The molecule has 0 atom stereocenters. The van der Waals surface area contributed by atoms with Gasteiger partial charge in [0, 0.05) is 30.8 Å². The van der Waals surface area contributed by atoms with Gasteiger partial charge in [0.2, 0.25) is 11.9 Å². The lowest BCUT2D eigenvalue weighted by Gasteiger charge is -2.10. The number of nitrogens with one attached hydrogen (secondary N) is 1. The molecule has 0 aromatic carbocycles. The molecule has 1 amide bonds. The van der Waals surface area contributed by atoms with Gasteiger partial charge in [-0.25, -0.2) is 14.2 Å². The van der Waals surface area contributed by atoms with Crippen molar-refractivity contribution < 1.29 is 4.79 Å². The molecule has 0 saturated carbocycles. The average molecular weight is 342 g/mol. The zero-order valence-electron chi connectivity index (χ0n) is 15.1. The van der Waals surface area contributed by atoms with Gasteiger partial charge >= 0.3 is 0 Å². The lowest BCUT2D eigenvalue weighted by atomic mass is 10.1. The molecule has 0 aliphatic heterocycles. The molecular formula is C16H22N8O. The third kappa shape index (κ3) is 3.35. The molecule has 0 spiro atoms. The monoisotopic (exact) mass is 342 g/mol. The topological polar surface area (TPSA) is 103 Å². The Labute approximate surface area is 145 Å². The Morgan fingerprint density at radius 3 is 2.72 bits per heavy atom. The number of nitrogens with zero attached hydrogens (tertiary/aromatic N) is 7. The Bertz CT molecular complexity index is 924. The predicted octanol–water partition coefficient (Wildman–Crippen LogP) is 1.56. The van der Waals surface area contributed by atoms with Gasteiger partial charge in [-0.2, -0.15) is 20.2 Å². The summed E-state index contributed by atoms with van der Waals surface area (Å²) >= 11 is 0. The van der Waals surface area contributed by atoms with Crippen LogP contribution in [0, 0.1) is 13.8 Å². The van der Waals surface area contributed by atoms with Crippen molar-refractivity contribution in [2.45, 2.75) is 46.5 Å². The van der Waals surface area contributed by atoms with Crippen molar-refractivity contribution >= 4 is 17.6 Å². The maximum Gasteiger partial charge on any atom is 0.252 e. The summed E-state index contributed by atoms with van der Waals surface area (Å²) < 4.78 is 3.28. The summed E-state index contributed by atoms with van der Waals surface area (Å²) in [5.41, 5.74) is 2.83. The molecule has 1 N–H and O–H groups in total. The molecule has 9 nitrogen and oxygen atoms in total. The van der Waals surface area contributed by atoms with Gasteiger partial charge in [0.1, 0.15) is 6.33 Å². The average Bonchev–Trinajstić information content (AvgIpc) is 3.14. The first-order chi connectivity index (χ1) is 11.9. The first-order valence-corrected chi connectivity index (χ1v) is 8.23. The van der Waals surface area contributed by atoms with Crippen LogP contribution < -0.4 is 5.32 Å². The van der Waals surface area contributed by atoms with E-state index in [9.17, 15) is 4.79 Å². The van der Waals surface area contributed by atoms with Crippen LogP contribution >= 0.6 is 0 Å². The van der Waals surface area contributed by atoms with Gasteiger partial charge in [-0.05, 0) is 25.8 Å². The minimum absolute atomic E-state index is 0.108. The van der Waals surface area contributed by atoms with E-state index in [0.29, 0.717) is 30.4 Å². The van der Waals surface area contributed by atoms with Gasteiger partial charge in [-0.15, -0.1) is 0 Å². The number of aromatic nitrogens is 7. The molecule has 132 valence electrons. The maximum atomic E-state index is 12.3. The van der Waals surface area contributed by atoms with Crippen LogP contribution in [0.15, 0.2) is 6.33 Å². The number of amides is 1. The van der Waals surface area contributed by atoms with E-state index in [1.165, 1.54) is 6.33 Å². The molecule has 3 aromatic rings. The highest BCUT2D eigenvalue weighted by Gasteiger charge is 2.15. The lowest BCUT2D eigenvalue weighted by molar-refractivity contribution is -0.116. The fourth-order valence-corrected chi connectivity index (χ4v) is 2.70. The zero-order valence-corrected chi connectivity index (χ0v) is 15.1. The summed E-state index contributed by atoms with van der Waals surface area (Å²) in [6, 6.07) is 0. The third-order valence-electron chi connectivity index (χ3n) is 4.14. The Balaban J connectivity index is 1.70.